The molecule has 2 aromatic rings. The number of fused-ring (bicyclic) bond motifs is 1. The van der Waals surface area contributed by atoms with E-state index in [0.717, 1.165) is 5.56 Å². The van der Waals surface area contributed by atoms with Crippen molar-refractivity contribution in [3.05, 3.63) is 57.6 Å². The molecular weight excluding hydrogens is 390 g/mol. The minimum atomic E-state index is -0.980. The normalized spacial score (nSPS) is 19.5. The zero-order valence-electron chi connectivity index (χ0n) is 17.0. The SMILES string of the molecule is CC(=O)Nc1cc2c(cc1[N+](=O)[O-])OC(C)(C)[C@H](O)[C@H]2NCCc1ccc(O)cc1. The van der Waals surface area contributed by atoms with Crippen molar-refractivity contribution in [2.45, 2.75) is 44.9 Å². The number of carbonyl (C=O) groups is 1. The fraction of sp³-hybridized carbons (Fsp3) is 0.381. The molecule has 0 saturated heterocycles. The Morgan fingerprint density at radius 1 is 1.27 bits per heavy atom. The molecule has 9 heteroatoms. The topological polar surface area (TPSA) is 134 Å². The molecule has 1 heterocycles. The predicted octanol–water partition coefficient (Wildman–Crippen LogP) is 2.66. The molecule has 1 aliphatic heterocycles. The number of aliphatic hydroxyl groups excluding tert-OH is 1. The molecule has 0 saturated carbocycles. The summed E-state index contributed by atoms with van der Waals surface area (Å²) in [5, 5.41) is 37.5. The molecule has 2 aromatic carbocycles. The van der Waals surface area contributed by atoms with Crippen LogP contribution >= 0.6 is 0 Å². The number of carbonyl (C=O) groups excluding carboxylic acids is 1. The number of aliphatic hydroxyl groups is 1. The quantitative estimate of drug-likeness (QED) is 0.421. The lowest BCUT2D eigenvalue weighted by molar-refractivity contribution is -0.384. The highest BCUT2D eigenvalue weighted by Crippen LogP contribution is 2.44. The van der Waals surface area contributed by atoms with Crippen molar-refractivity contribution in [3.8, 4) is 11.5 Å². The van der Waals surface area contributed by atoms with Crippen molar-refractivity contribution in [2.24, 2.45) is 0 Å². The lowest BCUT2D eigenvalue weighted by Gasteiger charge is -2.42. The average Bonchev–Trinajstić information content (AvgIpc) is 2.65. The number of amides is 1. The number of aromatic hydroxyl groups is 1. The molecule has 0 aromatic heterocycles. The molecule has 0 radical (unpaired) electrons. The third kappa shape index (κ3) is 4.52. The van der Waals surface area contributed by atoms with Crippen molar-refractivity contribution in [1.29, 1.82) is 0 Å². The molecule has 1 aliphatic rings. The van der Waals surface area contributed by atoms with Crippen molar-refractivity contribution in [3.63, 3.8) is 0 Å². The third-order valence-corrected chi connectivity index (χ3v) is 5.09. The second-order valence-corrected chi connectivity index (χ2v) is 7.84. The molecule has 9 nitrogen and oxygen atoms in total. The first-order chi connectivity index (χ1) is 14.1. The van der Waals surface area contributed by atoms with E-state index in [9.17, 15) is 25.1 Å². The maximum Gasteiger partial charge on any atom is 0.296 e. The maximum atomic E-state index is 11.5. The standard InChI is InChI=1S/C21H25N3O6/c1-12(25)23-16-10-15-18(11-17(16)24(28)29)30-21(2,3)20(27)19(15)22-9-8-13-4-6-14(26)7-5-13/h4-7,10-11,19-20,22,26-27H,8-9H2,1-3H3,(H,23,25)/t19-,20+/m0/s1. The van der Waals surface area contributed by atoms with Crippen LogP contribution in [0.15, 0.2) is 36.4 Å². The van der Waals surface area contributed by atoms with Gasteiger partial charge in [0.1, 0.15) is 28.9 Å². The van der Waals surface area contributed by atoms with Gasteiger partial charge >= 0.3 is 0 Å². The Hall–Kier alpha value is -3.17. The molecule has 160 valence electrons. The number of benzene rings is 2. The number of hydrogen-bond acceptors (Lipinski definition) is 7. The summed E-state index contributed by atoms with van der Waals surface area (Å²) in [5.74, 6) is 0.0371. The Balaban J connectivity index is 1.91. The van der Waals surface area contributed by atoms with Gasteiger partial charge in [0, 0.05) is 12.5 Å². The van der Waals surface area contributed by atoms with E-state index in [4.69, 9.17) is 4.74 Å². The van der Waals surface area contributed by atoms with Gasteiger partial charge in [0.2, 0.25) is 5.91 Å². The number of nitrogens with one attached hydrogen (secondary N) is 2. The number of anilines is 1. The fourth-order valence-corrected chi connectivity index (χ4v) is 3.53. The van der Waals surface area contributed by atoms with E-state index in [1.165, 1.54) is 19.1 Å². The summed E-state index contributed by atoms with van der Waals surface area (Å²) in [5.41, 5.74) is 0.323. The second-order valence-electron chi connectivity index (χ2n) is 7.84. The Labute approximate surface area is 173 Å². The van der Waals surface area contributed by atoms with Gasteiger partial charge in [0.15, 0.2) is 0 Å². The summed E-state index contributed by atoms with van der Waals surface area (Å²) in [6, 6.07) is 9.04. The summed E-state index contributed by atoms with van der Waals surface area (Å²) in [7, 11) is 0. The Kier molecular flexibility index (Phi) is 5.95. The van der Waals surface area contributed by atoms with Crippen LogP contribution < -0.4 is 15.4 Å². The molecule has 0 spiro atoms. The van der Waals surface area contributed by atoms with Gasteiger partial charge in [-0.25, -0.2) is 0 Å². The van der Waals surface area contributed by atoms with E-state index >= 15 is 0 Å². The Morgan fingerprint density at radius 2 is 1.93 bits per heavy atom. The van der Waals surface area contributed by atoms with Crippen LogP contribution in [-0.4, -0.2) is 39.3 Å². The minimum Gasteiger partial charge on any atom is -0.508 e. The van der Waals surface area contributed by atoms with E-state index in [-0.39, 0.29) is 22.9 Å². The van der Waals surface area contributed by atoms with Crippen LogP contribution in [0, 0.1) is 10.1 Å². The van der Waals surface area contributed by atoms with E-state index in [1.54, 1.807) is 26.0 Å². The first-order valence-corrected chi connectivity index (χ1v) is 9.57. The minimum absolute atomic E-state index is 0.0482. The molecule has 4 N–H and O–H groups in total. The largest absolute Gasteiger partial charge is 0.508 e. The van der Waals surface area contributed by atoms with E-state index in [1.807, 2.05) is 12.1 Å². The predicted molar refractivity (Wildman–Crippen MR) is 111 cm³/mol. The van der Waals surface area contributed by atoms with Crippen LogP contribution in [0.2, 0.25) is 0 Å². The molecule has 2 atom stereocenters. The monoisotopic (exact) mass is 415 g/mol. The highest BCUT2D eigenvalue weighted by atomic mass is 16.6. The third-order valence-electron chi connectivity index (χ3n) is 5.09. The van der Waals surface area contributed by atoms with Gasteiger partial charge in [-0.3, -0.25) is 14.9 Å². The second kappa shape index (κ2) is 8.29. The zero-order valence-corrected chi connectivity index (χ0v) is 17.0. The maximum absolute atomic E-state index is 11.5. The summed E-state index contributed by atoms with van der Waals surface area (Å²) in [6.45, 7) is 5.20. The Morgan fingerprint density at radius 3 is 2.53 bits per heavy atom. The smallest absolute Gasteiger partial charge is 0.296 e. The summed E-state index contributed by atoms with van der Waals surface area (Å²) < 4.78 is 5.86. The number of ether oxygens (including phenoxy) is 1. The first-order valence-electron chi connectivity index (χ1n) is 9.57. The van der Waals surface area contributed by atoms with Crippen LogP contribution in [0.5, 0.6) is 11.5 Å². The number of nitro benzene ring substituents is 1. The molecular formula is C21H25N3O6. The van der Waals surface area contributed by atoms with Crippen LogP contribution in [0.3, 0.4) is 0 Å². The van der Waals surface area contributed by atoms with Crippen molar-refractivity contribution >= 4 is 17.3 Å². The van der Waals surface area contributed by atoms with Gasteiger partial charge in [-0.05, 0) is 50.6 Å². The number of phenolic OH excluding ortho intramolecular Hbond substituents is 1. The van der Waals surface area contributed by atoms with Crippen LogP contribution in [-0.2, 0) is 11.2 Å². The molecule has 3 rings (SSSR count). The van der Waals surface area contributed by atoms with Crippen molar-refractivity contribution in [2.75, 3.05) is 11.9 Å². The van der Waals surface area contributed by atoms with Crippen molar-refractivity contribution < 1.29 is 24.7 Å². The molecule has 1 amide bonds. The molecule has 0 aliphatic carbocycles. The Bertz CT molecular complexity index is 958. The number of hydrogen-bond donors (Lipinski definition) is 4. The highest BCUT2D eigenvalue weighted by Gasteiger charge is 2.43. The first kappa shape index (κ1) is 21.5. The van der Waals surface area contributed by atoms with Gasteiger partial charge in [-0.1, -0.05) is 12.1 Å². The highest BCUT2D eigenvalue weighted by molar-refractivity contribution is 5.91. The summed E-state index contributed by atoms with van der Waals surface area (Å²) in [4.78, 5) is 22.4. The van der Waals surface area contributed by atoms with Crippen LogP contribution in [0.1, 0.15) is 37.9 Å². The van der Waals surface area contributed by atoms with E-state index < -0.39 is 28.6 Å². The molecule has 0 unspecified atom stereocenters. The lowest BCUT2D eigenvalue weighted by Crippen LogP contribution is -2.52. The van der Waals surface area contributed by atoms with Gasteiger partial charge < -0.3 is 25.6 Å². The average molecular weight is 415 g/mol. The summed E-state index contributed by atoms with van der Waals surface area (Å²) >= 11 is 0. The summed E-state index contributed by atoms with van der Waals surface area (Å²) in [6.07, 6.45) is -0.289. The van der Waals surface area contributed by atoms with Gasteiger partial charge in [-0.2, -0.15) is 0 Å². The number of nitro groups is 1. The fourth-order valence-electron chi connectivity index (χ4n) is 3.53. The number of rotatable bonds is 6. The van der Waals surface area contributed by atoms with Gasteiger partial charge in [0.25, 0.3) is 5.69 Å². The van der Waals surface area contributed by atoms with Crippen LogP contribution in [0.4, 0.5) is 11.4 Å². The zero-order chi connectivity index (χ0) is 22.1. The number of nitrogens with zero attached hydrogens (tertiary/aromatic N) is 1. The number of phenols is 1. The van der Waals surface area contributed by atoms with E-state index in [2.05, 4.69) is 10.6 Å². The molecule has 30 heavy (non-hydrogen) atoms. The lowest BCUT2D eigenvalue weighted by atomic mass is 9.86. The van der Waals surface area contributed by atoms with Crippen LogP contribution in [0.25, 0.3) is 0 Å². The van der Waals surface area contributed by atoms with Gasteiger partial charge in [0.05, 0.1) is 17.0 Å². The van der Waals surface area contributed by atoms with E-state index in [0.29, 0.717) is 18.5 Å². The van der Waals surface area contributed by atoms with Gasteiger partial charge in [-0.15, -0.1) is 0 Å². The van der Waals surface area contributed by atoms with Crippen molar-refractivity contribution in [1.82, 2.24) is 5.32 Å². The molecule has 0 bridgehead atoms. The molecule has 0 fully saturated rings.